The minimum atomic E-state index is -0.951. The number of carboxylic acids is 1. The molecule has 0 saturated carbocycles. The zero-order chi connectivity index (χ0) is 13.9. The second-order valence-electron chi connectivity index (χ2n) is 4.30. The molecule has 0 saturated heterocycles. The van der Waals surface area contributed by atoms with Gasteiger partial charge in [0.25, 0.3) is 5.69 Å². The van der Waals surface area contributed by atoms with Crippen LogP contribution in [0, 0.1) is 23.0 Å². The average Bonchev–Trinajstić information content (AvgIpc) is 2.25. The van der Waals surface area contributed by atoms with Crippen molar-refractivity contribution in [2.75, 3.05) is 0 Å². The molecule has 1 aromatic rings. The summed E-state index contributed by atoms with van der Waals surface area (Å²) in [4.78, 5) is 22.0. The van der Waals surface area contributed by atoms with Gasteiger partial charge in [0.2, 0.25) is 0 Å². The predicted molar refractivity (Wildman–Crippen MR) is 70.0 cm³/mol. The van der Waals surface area contributed by atoms with Crippen molar-refractivity contribution >= 4 is 23.4 Å². The van der Waals surface area contributed by atoms with Crippen LogP contribution in [0.3, 0.4) is 0 Å². The lowest BCUT2D eigenvalue weighted by molar-refractivity contribution is -0.387. The van der Waals surface area contributed by atoms with Gasteiger partial charge in [-0.1, -0.05) is 26.0 Å². The number of carboxylic acid groups (broad SMARTS) is 1. The minimum Gasteiger partial charge on any atom is -0.480 e. The molecular formula is C12H15NO4S. The van der Waals surface area contributed by atoms with E-state index in [-0.39, 0.29) is 11.6 Å². The monoisotopic (exact) mass is 269 g/mol. The molecule has 0 radical (unpaired) electrons. The molecule has 1 atom stereocenters. The van der Waals surface area contributed by atoms with Crippen LogP contribution >= 0.6 is 11.8 Å². The zero-order valence-corrected chi connectivity index (χ0v) is 11.2. The summed E-state index contributed by atoms with van der Waals surface area (Å²) < 4.78 is 0. The second kappa shape index (κ2) is 5.86. The maximum absolute atomic E-state index is 11.1. The molecule has 0 aliphatic rings. The third kappa shape index (κ3) is 3.22. The number of benzene rings is 1. The van der Waals surface area contributed by atoms with E-state index in [0.717, 1.165) is 17.3 Å². The molecule has 0 aromatic heterocycles. The molecule has 0 aliphatic heterocycles. The molecule has 5 nitrogen and oxygen atoms in total. The normalized spacial score (nSPS) is 12.4. The number of nitro groups is 1. The lowest BCUT2D eigenvalue weighted by Crippen LogP contribution is -2.22. The fourth-order valence-corrected chi connectivity index (χ4v) is 2.68. The third-order valence-electron chi connectivity index (χ3n) is 2.48. The van der Waals surface area contributed by atoms with Crippen LogP contribution in [0.4, 0.5) is 5.69 Å². The highest BCUT2D eigenvalue weighted by atomic mass is 32.2. The van der Waals surface area contributed by atoms with Crippen molar-refractivity contribution in [2.45, 2.75) is 30.9 Å². The highest BCUT2D eigenvalue weighted by Gasteiger charge is 2.27. The van der Waals surface area contributed by atoms with Gasteiger partial charge in [0.15, 0.2) is 0 Å². The Balaban J connectivity index is 3.16. The largest absolute Gasteiger partial charge is 0.480 e. The smallest absolute Gasteiger partial charge is 0.317 e. The van der Waals surface area contributed by atoms with Crippen LogP contribution in [0.5, 0.6) is 0 Å². The van der Waals surface area contributed by atoms with Gasteiger partial charge < -0.3 is 5.11 Å². The van der Waals surface area contributed by atoms with Gasteiger partial charge in [-0.25, -0.2) is 0 Å². The Morgan fingerprint density at radius 3 is 2.50 bits per heavy atom. The van der Waals surface area contributed by atoms with E-state index in [1.165, 1.54) is 6.07 Å². The summed E-state index contributed by atoms with van der Waals surface area (Å²) in [5.74, 6) is -1.06. The van der Waals surface area contributed by atoms with Gasteiger partial charge >= 0.3 is 5.97 Å². The Morgan fingerprint density at radius 2 is 2.06 bits per heavy atom. The lowest BCUT2D eigenvalue weighted by Gasteiger charge is -2.16. The summed E-state index contributed by atoms with van der Waals surface area (Å²) >= 11 is 1.05. The summed E-state index contributed by atoms with van der Waals surface area (Å²) in [6, 6.07) is 4.74. The van der Waals surface area contributed by atoms with Crippen LogP contribution in [0.2, 0.25) is 0 Å². The first kappa shape index (κ1) is 14.5. The molecule has 1 aromatic carbocycles. The Kier molecular flexibility index (Phi) is 4.72. The lowest BCUT2D eigenvalue weighted by atomic mass is 10.1. The number of nitrogens with zero attached hydrogens (tertiary/aromatic N) is 1. The summed E-state index contributed by atoms with van der Waals surface area (Å²) in [5.41, 5.74) is 0.688. The topological polar surface area (TPSA) is 80.4 Å². The summed E-state index contributed by atoms with van der Waals surface area (Å²) in [5, 5.41) is 19.4. The number of rotatable bonds is 5. The van der Waals surface area contributed by atoms with Gasteiger partial charge in [-0.05, 0) is 18.4 Å². The summed E-state index contributed by atoms with van der Waals surface area (Å²) in [6.07, 6.45) is 0. The van der Waals surface area contributed by atoms with Gasteiger partial charge in [-0.15, -0.1) is 11.8 Å². The molecule has 1 N–H and O–H groups in total. The van der Waals surface area contributed by atoms with Crippen LogP contribution in [-0.2, 0) is 4.79 Å². The summed E-state index contributed by atoms with van der Waals surface area (Å²) in [7, 11) is 0. The SMILES string of the molecule is Cc1cccc([N+](=O)[O-])c1SC(C(=O)O)C(C)C. The van der Waals surface area contributed by atoms with Gasteiger partial charge in [-0.2, -0.15) is 0 Å². The fourth-order valence-electron chi connectivity index (χ4n) is 1.53. The zero-order valence-electron chi connectivity index (χ0n) is 10.4. The van der Waals surface area contributed by atoms with E-state index in [9.17, 15) is 14.9 Å². The number of nitro benzene ring substituents is 1. The van der Waals surface area contributed by atoms with Crippen LogP contribution in [-0.4, -0.2) is 21.2 Å². The molecule has 98 valence electrons. The van der Waals surface area contributed by atoms with Crippen molar-refractivity contribution < 1.29 is 14.8 Å². The first-order valence-electron chi connectivity index (χ1n) is 5.48. The molecular weight excluding hydrogens is 254 g/mol. The second-order valence-corrected chi connectivity index (χ2v) is 5.45. The van der Waals surface area contributed by atoms with Crippen molar-refractivity contribution in [3.8, 4) is 0 Å². The van der Waals surface area contributed by atoms with Crippen molar-refractivity contribution in [3.63, 3.8) is 0 Å². The predicted octanol–water partition coefficient (Wildman–Crippen LogP) is 3.10. The van der Waals surface area contributed by atoms with E-state index in [2.05, 4.69) is 0 Å². The maximum Gasteiger partial charge on any atom is 0.317 e. The number of carbonyl (C=O) groups is 1. The average molecular weight is 269 g/mol. The van der Waals surface area contributed by atoms with Gasteiger partial charge in [0, 0.05) is 6.07 Å². The highest BCUT2D eigenvalue weighted by Crippen LogP contribution is 2.37. The van der Waals surface area contributed by atoms with Crippen LogP contribution in [0.25, 0.3) is 0 Å². The first-order chi connectivity index (χ1) is 8.34. The number of aliphatic carboxylic acids is 1. The van der Waals surface area contributed by atoms with E-state index < -0.39 is 16.1 Å². The van der Waals surface area contributed by atoms with Gasteiger partial charge in [-0.3, -0.25) is 14.9 Å². The van der Waals surface area contributed by atoms with Crippen molar-refractivity contribution in [3.05, 3.63) is 33.9 Å². The standard InChI is InChI=1S/C12H15NO4S/c1-7(2)10(12(14)15)18-11-8(3)5-4-6-9(11)13(16)17/h4-7,10H,1-3H3,(H,14,15). The van der Waals surface area contributed by atoms with Gasteiger partial charge in [0.05, 0.1) is 9.82 Å². The molecule has 1 unspecified atom stereocenters. The molecule has 0 aliphatic carbocycles. The molecule has 6 heteroatoms. The first-order valence-corrected chi connectivity index (χ1v) is 6.36. The molecule has 18 heavy (non-hydrogen) atoms. The Hall–Kier alpha value is -1.56. The maximum atomic E-state index is 11.1. The van der Waals surface area contributed by atoms with E-state index in [0.29, 0.717) is 4.90 Å². The Morgan fingerprint density at radius 1 is 1.44 bits per heavy atom. The molecule has 1 rings (SSSR count). The van der Waals surface area contributed by atoms with Crippen LogP contribution in [0.15, 0.2) is 23.1 Å². The van der Waals surface area contributed by atoms with Crippen molar-refractivity contribution in [1.29, 1.82) is 0 Å². The number of thioether (sulfide) groups is 1. The summed E-state index contributed by atoms with van der Waals surface area (Å²) in [6.45, 7) is 5.32. The number of hydrogen-bond acceptors (Lipinski definition) is 4. The minimum absolute atomic E-state index is 0.0353. The molecule has 0 amide bonds. The highest BCUT2D eigenvalue weighted by molar-refractivity contribution is 8.00. The van der Waals surface area contributed by atoms with E-state index in [4.69, 9.17) is 5.11 Å². The Bertz CT molecular complexity index is 473. The molecule has 0 heterocycles. The van der Waals surface area contributed by atoms with Crippen LogP contribution in [0.1, 0.15) is 19.4 Å². The van der Waals surface area contributed by atoms with Crippen LogP contribution < -0.4 is 0 Å². The number of hydrogen-bond donors (Lipinski definition) is 1. The van der Waals surface area contributed by atoms with E-state index in [1.807, 2.05) is 0 Å². The van der Waals surface area contributed by atoms with E-state index in [1.54, 1.807) is 32.9 Å². The third-order valence-corrected chi connectivity index (χ3v) is 4.25. The van der Waals surface area contributed by atoms with Crippen molar-refractivity contribution in [1.82, 2.24) is 0 Å². The fraction of sp³-hybridized carbons (Fsp3) is 0.417. The molecule has 0 spiro atoms. The number of aryl methyl sites for hydroxylation is 1. The van der Waals surface area contributed by atoms with Crippen molar-refractivity contribution in [2.24, 2.45) is 5.92 Å². The quantitative estimate of drug-likeness (QED) is 0.504. The van der Waals surface area contributed by atoms with E-state index >= 15 is 0 Å². The molecule has 0 fully saturated rings. The molecule has 0 bridgehead atoms. The Labute approximate surface area is 109 Å². The van der Waals surface area contributed by atoms with Gasteiger partial charge in [0.1, 0.15) is 5.25 Å².